The first-order valence-electron chi connectivity index (χ1n) is 6.56. The number of carbonyl (C=O) groups excluding carboxylic acids is 1. The van der Waals surface area contributed by atoms with Crippen LogP contribution in [-0.4, -0.2) is 22.3 Å². The number of aromatic nitrogens is 2. The number of aromatic amines is 2. The smallest absolute Gasteiger partial charge is 0.267 e. The molecule has 0 aliphatic carbocycles. The normalized spacial score (nSPS) is 11.8. The van der Waals surface area contributed by atoms with Crippen LogP contribution in [0.2, 0.25) is 0 Å². The van der Waals surface area contributed by atoms with Gasteiger partial charge < -0.3 is 5.10 Å². The molecule has 0 atom stereocenters. The Morgan fingerprint density at radius 1 is 1.32 bits per heavy atom. The third-order valence-electron chi connectivity index (χ3n) is 2.91. The van der Waals surface area contributed by atoms with Gasteiger partial charge in [0.05, 0.1) is 12.6 Å². The Bertz CT molecular complexity index is 759. The van der Waals surface area contributed by atoms with Crippen molar-refractivity contribution in [3.63, 3.8) is 0 Å². The summed E-state index contributed by atoms with van der Waals surface area (Å²) in [5.41, 5.74) is 4.17. The number of carbonyl (C=O) groups is 1. The van der Waals surface area contributed by atoms with Crippen molar-refractivity contribution in [3.05, 3.63) is 62.0 Å². The van der Waals surface area contributed by atoms with Gasteiger partial charge in [-0.25, -0.2) is 5.43 Å². The first kappa shape index (κ1) is 16.0. The van der Waals surface area contributed by atoms with Gasteiger partial charge in [0.25, 0.3) is 5.56 Å². The van der Waals surface area contributed by atoms with Crippen LogP contribution in [0.3, 0.4) is 0 Å². The van der Waals surface area contributed by atoms with E-state index in [2.05, 4.69) is 36.7 Å². The number of hydrogen-bond acceptors (Lipinski definition) is 3. The van der Waals surface area contributed by atoms with Crippen LogP contribution in [0.1, 0.15) is 16.8 Å². The largest absolute Gasteiger partial charge is 0.302 e. The molecule has 2 aromatic rings. The lowest BCUT2D eigenvalue weighted by Gasteiger charge is -1.98. The van der Waals surface area contributed by atoms with Gasteiger partial charge in [-0.2, -0.15) is 5.10 Å². The minimum atomic E-state index is -0.357. The molecule has 0 bridgehead atoms. The van der Waals surface area contributed by atoms with Gasteiger partial charge in [-0.15, -0.1) is 0 Å². The molecule has 1 amide bonds. The third-order valence-corrected chi connectivity index (χ3v) is 3.34. The lowest BCUT2D eigenvalue weighted by Crippen LogP contribution is -2.22. The van der Waals surface area contributed by atoms with Crippen LogP contribution in [0.4, 0.5) is 0 Å². The number of nitrogens with zero attached hydrogens (tertiary/aromatic N) is 1. The summed E-state index contributed by atoms with van der Waals surface area (Å²) in [5.74, 6) is -0.357. The molecule has 114 valence electrons. The van der Waals surface area contributed by atoms with Crippen LogP contribution in [0.15, 0.2) is 44.7 Å². The molecular weight excluding hydrogens is 348 g/mol. The molecular formula is C15H15BrN4O2. The number of aryl methyl sites for hydroxylation is 1. The van der Waals surface area contributed by atoms with Crippen LogP contribution in [-0.2, 0) is 11.2 Å². The van der Waals surface area contributed by atoms with Gasteiger partial charge in [0, 0.05) is 15.7 Å². The van der Waals surface area contributed by atoms with Gasteiger partial charge in [0.2, 0.25) is 5.91 Å². The van der Waals surface area contributed by atoms with Crippen LogP contribution < -0.4 is 11.0 Å². The maximum atomic E-state index is 11.7. The van der Waals surface area contributed by atoms with Crippen molar-refractivity contribution in [1.82, 2.24) is 15.6 Å². The van der Waals surface area contributed by atoms with Gasteiger partial charge in [-0.1, -0.05) is 30.3 Å². The SMILES string of the molecule is Cc1[nH][nH]c(=O)c1CC(=O)N/N=C\C(Br)=Cc1ccccc1. The number of rotatable bonds is 5. The van der Waals surface area contributed by atoms with Crippen LogP contribution >= 0.6 is 15.9 Å². The quantitative estimate of drug-likeness (QED) is 0.561. The second-order valence-electron chi connectivity index (χ2n) is 4.59. The fourth-order valence-corrected chi connectivity index (χ4v) is 2.16. The molecule has 0 aliphatic rings. The number of benzene rings is 1. The number of amides is 1. The van der Waals surface area contributed by atoms with E-state index < -0.39 is 0 Å². The Morgan fingerprint density at radius 2 is 2.05 bits per heavy atom. The van der Waals surface area contributed by atoms with E-state index in [9.17, 15) is 9.59 Å². The zero-order valence-corrected chi connectivity index (χ0v) is 13.5. The maximum Gasteiger partial charge on any atom is 0.267 e. The minimum absolute atomic E-state index is 0.0258. The molecule has 3 N–H and O–H groups in total. The van der Waals surface area contributed by atoms with Crippen molar-refractivity contribution in [1.29, 1.82) is 0 Å². The van der Waals surface area contributed by atoms with E-state index in [1.54, 1.807) is 6.92 Å². The van der Waals surface area contributed by atoms with Gasteiger partial charge >= 0.3 is 0 Å². The molecule has 7 heteroatoms. The van der Waals surface area contributed by atoms with E-state index in [0.717, 1.165) is 10.0 Å². The number of H-pyrrole nitrogens is 2. The van der Waals surface area contributed by atoms with Crippen molar-refractivity contribution in [3.8, 4) is 0 Å². The first-order valence-corrected chi connectivity index (χ1v) is 7.36. The van der Waals surface area contributed by atoms with Crippen LogP contribution in [0, 0.1) is 6.92 Å². The molecule has 0 saturated carbocycles. The number of nitrogens with one attached hydrogen (secondary N) is 3. The highest BCUT2D eigenvalue weighted by Crippen LogP contribution is 2.09. The Labute approximate surface area is 135 Å². The summed E-state index contributed by atoms with van der Waals surface area (Å²) in [6.07, 6.45) is 3.33. The van der Waals surface area contributed by atoms with Crippen molar-refractivity contribution in [2.75, 3.05) is 0 Å². The molecule has 1 aromatic heterocycles. The summed E-state index contributed by atoms with van der Waals surface area (Å²) in [4.78, 5) is 23.2. The fourth-order valence-electron chi connectivity index (χ4n) is 1.80. The number of halogens is 1. The first-order chi connectivity index (χ1) is 10.6. The van der Waals surface area contributed by atoms with E-state index in [4.69, 9.17) is 0 Å². The molecule has 0 fully saturated rings. The van der Waals surface area contributed by atoms with E-state index in [0.29, 0.717) is 11.3 Å². The average molecular weight is 363 g/mol. The topological polar surface area (TPSA) is 90.1 Å². The number of hydrazone groups is 1. The van der Waals surface area contributed by atoms with Gasteiger partial charge in [-0.05, 0) is 34.5 Å². The third kappa shape index (κ3) is 4.56. The van der Waals surface area contributed by atoms with E-state index >= 15 is 0 Å². The van der Waals surface area contributed by atoms with Crippen molar-refractivity contribution < 1.29 is 4.79 Å². The highest BCUT2D eigenvalue weighted by Gasteiger charge is 2.10. The second-order valence-corrected chi connectivity index (χ2v) is 5.51. The molecule has 0 unspecified atom stereocenters. The van der Waals surface area contributed by atoms with Gasteiger partial charge in [-0.3, -0.25) is 14.7 Å². The molecule has 1 heterocycles. The van der Waals surface area contributed by atoms with Crippen molar-refractivity contribution >= 4 is 34.1 Å². The zero-order chi connectivity index (χ0) is 15.9. The highest BCUT2D eigenvalue weighted by atomic mass is 79.9. The molecule has 22 heavy (non-hydrogen) atoms. The predicted molar refractivity (Wildman–Crippen MR) is 89.8 cm³/mol. The Balaban J connectivity index is 1.91. The molecule has 0 spiro atoms. The Hall–Kier alpha value is -2.41. The second kappa shape index (κ2) is 7.56. The summed E-state index contributed by atoms with van der Waals surface area (Å²) < 4.78 is 0.717. The summed E-state index contributed by atoms with van der Waals surface area (Å²) in [7, 11) is 0. The molecule has 1 aromatic carbocycles. The molecule has 0 aliphatic heterocycles. The van der Waals surface area contributed by atoms with Crippen LogP contribution in [0.25, 0.3) is 6.08 Å². The maximum absolute atomic E-state index is 11.7. The predicted octanol–water partition coefficient (Wildman–Crippen LogP) is 2.09. The van der Waals surface area contributed by atoms with E-state index in [1.165, 1.54) is 6.21 Å². The summed E-state index contributed by atoms with van der Waals surface area (Å²) in [6, 6.07) is 9.71. The number of hydrogen-bond donors (Lipinski definition) is 3. The van der Waals surface area contributed by atoms with E-state index in [1.807, 2.05) is 36.4 Å². The van der Waals surface area contributed by atoms with Gasteiger partial charge in [0.15, 0.2) is 0 Å². The molecule has 0 radical (unpaired) electrons. The lowest BCUT2D eigenvalue weighted by molar-refractivity contribution is -0.120. The van der Waals surface area contributed by atoms with Gasteiger partial charge in [0.1, 0.15) is 0 Å². The summed E-state index contributed by atoms with van der Waals surface area (Å²) in [6.45, 7) is 1.73. The van der Waals surface area contributed by atoms with Crippen LogP contribution in [0.5, 0.6) is 0 Å². The molecule has 2 rings (SSSR count). The zero-order valence-electron chi connectivity index (χ0n) is 11.9. The Morgan fingerprint density at radius 3 is 2.68 bits per heavy atom. The molecule has 6 nitrogen and oxygen atoms in total. The molecule has 0 saturated heterocycles. The van der Waals surface area contributed by atoms with Crippen molar-refractivity contribution in [2.45, 2.75) is 13.3 Å². The Kier molecular flexibility index (Phi) is 5.48. The lowest BCUT2D eigenvalue weighted by atomic mass is 10.2. The fraction of sp³-hybridized carbons (Fsp3) is 0.133. The number of allylic oxidation sites excluding steroid dienone is 1. The minimum Gasteiger partial charge on any atom is -0.302 e. The average Bonchev–Trinajstić information content (AvgIpc) is 2.80. The monoisotopic (exact) mass is 362 g/mol. The summed E-state index contributed by atoms with van der Waals surface area (Å²) >= 11 is 3.35. The summed E-state index contributed by atoms with van der Waals surface area (Å²) in [5, 5.41) is 8.94. The standard InChI is InChI=1S/C15H15BrN4O2/c1-10-13(15(22)20-18-10)8-14(21)19-17-9-12(16)7-11-5-3-2-4-6-11/h2-7,9H,8H2,1H3,(H,19,21)(H2,18,20,22)/b12-7?,17-9-. The highest BCUT2D eigenvalue weighted by molar-refractivity contribution is 9.12. The van der Waals surface area contributed by atoms with E-state index in [-0.39, 0.29) is 17.9 Å². The van der Waals surface area contributed by atoms with Crippen molar-refractivity contribution in [2.24, 2.45) is 5.10 Å².